The number of anilines is 2. The molecule has 0 saturated carbocycles. The van der Waals surface area contributed by atoms with E-state index in [1.165, 1.54) is 11.3 Å². The molecule has 3 aromatic carbocycles. The van der Waals surface area contributed by atoms with Gasteiger partial charge < -0.3 is 19.4 Å². The summed E-state index contributed by atoms with van der Waals surface area (Å²) in [7, 11) is 0. The minimum absolute atomic E-state index is 0.0243. The van der Waals surface area contributed by atoms with Crippen LogP contribution >= 0.6 is 0 Å². The van der Waals surface area contributed by atoms with Crippen molar-refractivity contribution in [3.05, 3.63) is 83.4 Å². The number of hydrogen-bond acceptors (Lipinski definition) is 4. The molecule has 2 aliphatic heterocycles. The standard InChI is InChI=1S/C28H29N3O3/c1-4-30-24-17-21(12-13-26(24)34-25-11-6-5-10-23(25)28(30)33)27(32)29-14-15-31(20(3)18-29)22-9-7-8-19(2)16-22/h5-13,16-17,20H,4,14-15,18H2,1-3H3/t20-/m1/s1. The van der Waals surface area contributed by atoms with E-state index >= 15 is 0 Å². The second-order valence-electron chi connectivity index (χ2n) is 8.96. The molecule has 0 bridgehead atoms. The number of piperazine rings is 1. The monoisotopic (exact) mass is 455 g/mol. The van der Waals surface area contributed by atoms with E-state index < -0.39 is 0 Å². The van der Waals surface area contributed by atoms with Crippen LogP contribution in [-0.2, 0) is 0 Å². The van der Waals surface area contributed by atoms with Crippen molar-refractivity contribution in [3.63, 3.8) is 0 Å². The van der Waals surface area contributed by atoms with E-state index in [0.717, 1.165) is 6.54 Å². The van der Waals surface area contributed by atoms with Crippen LogP contribution in [0.25, 0.3) is 0 Å². The highest BCUT2D eigenvalue weighted by Crippen LogP contribution is 2.39. The third-order valence-electron chi connectivity index (χ3n) is 6.64. The van der Waals surface area contributed by atoms with Crippen LogP contribution in [-0.4, -0.2) is 48.9 Å². The van der Waals surface area contributed by atoms with E-state index in [1.54, 1.807) is 35.2 Å². The molecular weight excluding hydrogens is 426 g/mol. The average Bonchev–Trinajstić information content (AvgIpc) is 2.96. The number of carbonyl (C=O) groups excluding carboxylic acids is 2. The molecule has 0 aromatic heterocycles. The molecule has 6 heteroatoms. The molecule has 1 atom stereocenters. The number of carbonyl (C=O) groups is 2. The zero-order chi connectivity index (χ0) is 23.8. The van der Waals surface area contributed by atoms with Crippen LogP contribution in [0.2, 0.25) is 0 Å². The lowest BCUT2D eigenvalue weighted by Gasteiger charge is -2.41. The highest BCUT2D eigenvalue weighted by atomic mass is 16.5. The maximum absolute atomic E-state index is 13.5. The highest BCUT2D eigenvalue weighted by molar-refractivity contribution is 6.10. The summed E-state index contributed by atoms with van der Waals surface area (Å²) < 4.78 is 6.08. The summed E-state index contributed by atoms with van der Waals surface area (Å²) in [5.41, 5.74) is 4.14. The van der Waals surface area contributed by atoms with Crippen molar-refractivity contribution in [1.29, 1.82) is 0 Å². The maximum atomic E-state index is 13.5. The molecule has 3 aromatic rings. The largest absolute Gasteiger partial charge is 0.454 e. The number of amides is 2. The molecule has 1 saturated heterocycles. The Morgan fingerprint density at radius 1 is 1.00 bits per heavy atom. The Morgan fingerprint density at radius 3 is 2.59 bits per heavy atom. The number of rotatable bonds is 3. The van der Waals surface area contributed by atoms with Gasteiger partial charge in [-0.15, -0.1) is 0 Å². The van der Waals surface area contributed by atoms with Gasteiger partial charge in [-0.05, 0) is 68.8 Å². The molecule has 174 valence electrons. The summed E-state index contributed by atoms with van der Waals surface area (Å²) in [5.74, 6) is 0.963. The van der Waals surface area contributed by atoms with Crippen LogP contribution in [0.3, 0.4) is 0 Å². The molecule has 34 heavy (non-hydrogen) atoms. The van der Waals surface area contributed by atoms with Crippen molar-refractivity contribution in [1.82, 2.24) is 4.90 Å². The lowest BCUT2D eigenvalue weighted by molar-refractivity contribution is 0.0726. The van der Waals surface area contributed by atoms with Gasteiger partial charge in [0.1, 0.15) is 5.75 Å². The fourth-order valence-corrected chi connectivity index (χ4v) is 4.88. The first-order valence-electron chi connectivity index (χ1n) is 11.8. The Bertz CT molecular complexity index is 1260. The molecule has 0 aliphatic carbocycles. The summed E-state index contributed by atoms with van der Waals surface area (Å²) >= 11 is 0. The third-order valence-corrected chi connectivity index (χ3v) is 6.64. The molecule has 0 N–H and O–H groups in total. The van der Waals surface area contributed by atoms with Gasteiger partial charge in [-0.1, -0.05) is 24.3 Å². The number of aryl methyl sites for hydroxylation is 1. The molecule has 0 spiro atoms. The SMILES string of the molecule is CCN1C(=O)c2ccccc2Oc2ccc(C(=O)N3CCN(c4cccc(C)c4)[C@H](C)C3)cc21. The Labute approximate surface area is 200 Å². The van der Waals surface area contributed by atoms with Gasteiger partial charge in [-0.3, -0.25) is 9.59 Å². The van der Waals surface area contributed by atoms with Crippen LogP contribution in [0.5, 0.6) is 11.5 Å². The summed E-state index contributed by atoms with van der Waals surface area (Å²) in [5, 5.41) is 0. The predicted molar refractivity (Wildman–Crippen MR) is 134 cm³/mol. The number of benzene rings is 3. The fourth-order valence-electron chi connectivity index (χ4n) is 4.88. The van der Waals surface area contributed by atoms with Gasteiger partial charge in [0, 0.05) is 43.5 Å². The van der Waals surface area contributed by atoms with E-state index in [-0.39, 0.29) is 17.9 Å². The first-order chi connectivity index (χ1) is 16.5. The van der Waals surface area contributed by atoms with Crippen LogP contribution in [0.15, 0.2) is 66.7 Å². The molecule has 1 fully saturated rings. The van der Waals surface area contributed by atoms with Gasteiger partial charge in [-0.2, -0.15) is 0 Å². The topological polar surface area (TPSA) is 53.1 Å². The first kappa shape index (κ1) is 22.0. The second kappa shape index (κ2) is 8.86. The average molecular weight is 456 g/mol. The lowest BCUT2D eigenvalue weighted by atomic mass is 10.1. The molecule has 0 radical (unpaired) electrons. The van der Waals surface area contributed by atoms with Crippen molar-refractivity contribution in [2.45, 2.75) is 26.8 Å². The number of ether oxygens (including phenoxy) is 1. The van der Waals surface area contributed by atoms with E-state index in [1.807, 2.05) is 24.0 Å². The smallest absolute Gasteiger partial charge is 0.262 e. The summed E-state index contributed by atoms with van der Waals surface area (Å²) in [4.78, 5) is 32.6. The number of hydrogen-bond donors (Lipinski definition) is 0. The molecule has 2 heterocycles. The summed E-state index contributed by atoms with van der Waals surface area (Å²) in [6.07, 6.45) is 0. The lowest BCUT2D eigenvalue weighted by Crippen LogP contribution is -2.53. The second-order valence-corrected chi connectivity index (χ2v) is 8.96. The first-order valence-corrected chi connectivity index (χ1v) is 11.8. The van der Waals surface area contributed by atoms with E-state index in [0.29, 0.717) is 47.9 Å². The van der Waals surface area contributed by atoms with E-state index in [4.69, 9.17) is 4.74 Å². The zero-order valence-corrected chi connectivity index (χ0v) is 19.8. The van der Waals surface area contributed by atoms with E-state index in [9.17, 15) is 9.59 Å². The molecule has 2 amide bonds. The fraction of sp³-hybridized carbons (Fsp3) is 0.286. The van der Waals surface area contributed by atoms with Crippen molar-refractivity contribution in [2.24, 2.45) is 0 Å². The summed E-state index contributed by atoms with van der Waals surface area (Å²) in [6.45, 7) is 8.72. The molecule has 6 nitrogen and oxygen atoms in total. The Balaban J connectivity index is 1.39. The minimum Gasteiger partial charge on any atom is -0.454 e. The molecule has 5 rings (SSSR count). The highest BCUT2D eigenvalue weighted by Gasteiger charge is 2.31. The van der Waals surface area contributed by atoms with Gasteiger partial charge in [0.15, 0.2) is 5.75 Å². The van der Waals surface area contributed by atoms with Crippen LogP contribution in [0.1, 0.15) is 40.1 Å². The van der Waals surface area contributed by atoms with Crippen molar-refractivity contribution >= 4 is 23.2 Å². The van der Waals surface area contributed by atoms with Gasteiger partial charge in [0.2, 0.25) is 0 Å². The number of nitrogens with zero attached hydrogens (tertiary/aromatic N) is 3. The van der Waals surface area contributed by atoms with Gasteiger partial charge in [0.25, 0.3) is 11.8 Å². The minimum atomic E-state index is -0.123. The van der Waals surface area contributed by atoms with Crippen molar-refractivity contribution < 1.29 is 14.3 Å². The maximum Gasteiger partial charge on any atom is 0.262 e. The number of para-hydroxylation sites is 1. The van der Waals surface area contributed by atoms with Crippen molar-refractivity contribution in [3.8, 4) is 11.5 Å². The normalized spacial score (nSPS) is 17.6. The van der Waals surface area contributed by atoms with Gasteiger partial charge >= 0.3 is 0 Å². The van der Waals surface area contributed by atoms with Crippen LogP contribution in [0.4, 0.5) is 11.4 Å². The summed E-state index contributed by atoms with van der Waals surface area (Å²) in [6, 6.07) is 21.3. The quantitative estimate of drug-likeness (QED) is 0.550. The molecule has 0 unspecified atom stereocenters. The Hall–Kier alpha value is -3.80. The van der Waals surface area contributed by atoms with Gasteiger partial charge in [0.05, 0.1) is 11.3 Å². The predicted octanol–water partition coefficient (Wildman–Crippen LogP) is 5.12. The van der Waals surface area contributed by atoms with Gasteiger partial charge in [-0.25, -0.2) is 0 Å². The molecule has 2 aliphatic rings. The Kier molecular flexibility index (Phi) is 5.74. The van der Waals surface area contributed by atoms with Crippen LogP contribution < -0.4 is 14.5 Å². The van der Waals surface area contributed by atoms with E-state index in [2.05, 4.69) is 43.0 Å². The number of fused-ring (bicyclic) bond motifs is 2. The van der Waals surface area contributed by atoms with Crippen molar-refractivity contribution in [2.75, 3.05) is 36.0 Å². The van der Waals surface area contributed by atoms with Crippen LogP contribution in [0, 0.1) is 6.92 Å². The zero-order valence-electron chi connectivity index (χ0n) is 19.8. The molecular formula is C28H29N3O3. The third kappa shape index (κ3) is 3.89. The Morgan fingerprint density at radius 2 is 1.82 bits per heavy atom.